The van der Waals surface area contributed by atoms with Crippen molar-refractivity contribution >= 4 is 0 Å². The Hall–Kier alpha value is -0.160. The van der Waals surface area contributed by atoms with Crippen LogP contribution in [0.25, 0.3) is 0 Å². The number of rotatable bonds is 2. The molecule has 0 aromatic carbocycles. The van der Waals surface area contributed by atoms with E-state index in [2.05, 4.69) is 40.7 Å². The lowest BCUT2D eigenvalue weighted by Gasteiger charge is -2.42. The Labute approximate surface area is 99.8 Å². The molecule has 0 aromatic heterocycles. The fourth-order valence-electron chi connectivity index (χ4n) is 2.63. The van der Waals surface area contributed by atoms with E-state index in [1.807, 2.05) is 0 Å². The van der Waals surface area contributed by atoms with Crippen LogP contribution in [0.5, 0.6) is 0 Å². The molecule has 2 aliphatic rings. The van der Waals surface area contributed by atoms with Gasteiger partial charge in [0, 0.05) is 58.4 Å². The summed E-state index contributed by atoms with van der Waals surface area (Å²) in [4.78, 5) is 10.0. The van der Waals surface area contributed by atoms with E-state index in [4.69, 9.17) is 0 Å². The Balaban J connectivity index is 1.79. The molecule has 94 valence electrons. The molecule has 2 aliphatic heterocycles. The number of nitrogens with zero attached hydrogens (tertiary/aromatic N) is 4. The van der Waals surface area contributed by atoms with Crippen LogP contribution in [-0.4, -0.2) is 99.1 Å². The normalized spacial score (nSPS) is 32.1. The molecule has 4 nitrogen and oxygen atoms in total. The molecule has 0 amide bonds. The Morgan fingerprint density at radius 3 is 2.12 bits per heavy atom. The summed E-state index contributed by atoms with van der Waals surface area (Å²) in [5, 5.41) is 0. The molecule has 1 atom stereocenters. The lowest BCUT2D eigenvalue weighted by atomic mass is 10.1. The highest BCUT2D eigenvalue weighted by molar-refractivity contribution is 4.83. The SMILES string of the molecule is CN1CCN(CC2CN(C)CCN2C)CC1. The number of hydrogen-bond acceptors (Lipinski definition) is 4. The summed E-state index contributed by atoms with van der Waals surface area (Å²) in [6.45, 7) is 9.84. The summed E-state index contributed by atoms with van der Waals surface area (Å²) < 4.78 is 0. The largest absolute Gasteiger partial charge is 0.304 e. The van der Waals surface area contributed by atoms with E-state index < -0.39 is 0 Å². The van der Waals surface area contributed by atoms with Gasteiger partial charge in [0.25, 0.3) is 0 Å². The Bertz CT molecular complexity index is 213. The number of likely N-dealkylation sites (N-methyl/N-ethyl adjacent to an activating group) is 3. The third-order valence-electron chi connectivity index (χ3n) is 4.05. The van der Waals surface area contributed by atoms with E-state index in [1.165, 1.54) is 52.4 Å². The highest BCUT2D eigenvalue weighted by Gasteiger charge is 2.25. The van der Waals surface area contributed by atoms with Crippen molar-refractivity contribution < 1.29 is 0 Å². The van der Waals surface area contributed by atoms with Gasteiger partial charge in [0.1, 0.15) is 0 Å². The first-order chi connectivity index (χ1) is 7.65. The zero-order valence-corrected chi connectivity index (χ0v) is 11.0. The van der Waals surface area contributed by atoms with E-state index in [9.17, 15) is 0 Å². The van der Waals surface area contributed by atoms with Gasteiger partial charge in [-0.25, -0.2) is 0 Å². The molecular weight excluding hydrogens is 200 g/mol. The third-order valence-corrected chi connectivity index (χ3v) is 4.05. The number of hydrogen-bond donors (Lipinski definition) is 0. The Morgan fingerprint density at radius 2 is 1.44 bits per heavy atom. The molecule has 2 heterocycles. The molecular formula is C12H26N4. The lowest BCUT2D eigenvalue weighted by molar-refractivity contribution is 0.0646. The van der Waals surface area contributed by atoms with Crippen LogP contribution in [0.2, 0.25) is 0 Å². The van der Waals surface area contributed by atoms with Crippen molar-refractivity contribution in [3.63, 3.8) is 0 Å². The van der Waals surface area contributed by atoms with Crippen molar-refractivity contribution in [2.24, 2.45) is 0 Å². The highest BCUT2D eigenvalue weighted by Crippen LogP contribution is 2.09. The van der Waals surface area contributed by atoms with Crippen LogP contribution in [0.1, 0.15) is 0 Å². The first-order valence-corrected chi connectivity index (χ1v) is 6.45. The van der Waals surface area contributed by atoms with Gasteiger partial charge in [0.2, 0.25) is 0 Å². The van der Waals surface area contributed by atoms with Gasteiger partial charge in [-0.05, 0) is 21.1 Å². The fourth-order valence-corrected chi connectivity index (χ4v) is 2.63. The second-order valence-corrected chi connectivity index (χ2v) is 5.50. The van der Waals surface area contributed by atoms with Gasteiger partial charge in [-0.3, -0.25) is 9.80 Å². The van der Waals surface area contributed by atoms with Gasteiger partial charge in [-0.15, -0.1) is 0 Å². The maximum atomic E-state index is 2.63. The highest BCUT2D eigenvalue weighted by atomic mass is 15.3. The van der Waals surface area contributed by atoms with Gasteiger partial charge in [-0.2, -0.15) is 0 Å². The zero-order valence-electron chi connectivity index (χ0n) is 11.0. The molecule has 0 aliphatic carbocycles. The van der Waals surface area contributed by atoms with E-state index in [1.54, 1.807) is 0 Å². The average Bonchev–Trinajstić information content (AvgIpc) is 2.27. The molecule has 0 spiro atoms. The van der Waals surface area contributed by atoms with E-state index in [0.717, 1.165) is 6.04 Å². The summed E-state index contributed by atoms with van der Waals surface area (Å²) in [5.41, 5.74) is 0. The Kier molecular flexibility index (Phi) is 4.19. The van der Waals surface area contributed by atoms with Crippen LogP contribution in [0, 0.1) is 0 Å². The second-order valence-electron chi connectivity index (χ2n) is 5.50. The second kappa shape index (κ2) is 5.45. The monoisotopic (exact) mass is 226 g/mol. The van der Waals surface area contributed by atoms with Gasteiger partial charge < -0.3 is 9.80 Å². The van der Waals surface area contributed by atoms with Crippen molar-refractivity contribution in [1.82, 2.24) is 19.6 Å². The van der Waals surface area contributed by atoms with Crippen LogP contribution < -0.4 is 0 Å². The van der Waals surface area contributed by atoms with Crippen molar-refractivity contribution in [1.29, 1.82) is 0 Å². The summed E-state index contributed by atoms with van der Waals surface area (Å²) in [5.74, 6) is 0. The third kappa shape index (κ3) is 3.17. The molecule has 4 heteroatoms. The summed E-state index contributed by atoms with van der Waals surface area (Å²) in [6.07, 6.45) is 0. The predicted octanol–water partition coefficient (Wildman–Crippen LogP) is -0.520. The van der Waals surface area contributed by atoms with Gasteiger partial charge in [-0.1, -0.05) is 0 Å². The maximum Gasteiger partial charge on any atom is 0.0347 e. The standard InChI is InChI=1S/C12H26N4/c1-13-5-8-16(9-6-13)11-12-10-14(2)4-7-15(12)3/h12H,4-11H2,1-3H3. The summed E-state index contributed by atoms with van der Waals surface area (Å²) in [6, 6.07) is 0.724. The van der Waals surface area contributed by atoms with Gasteiger partial charge in [0.05, 0.1) is 0 Å². The van der Waals surface area contributed by atoms with Crippen LogP contribution >= 0.6 is 0 Å². The van der Waals surface area contributed by atoms with Gasteiger partial charge >= 0.3 is 0 Å². The van der Waals surface area contributed by atoms with Crippen molar-refractivity contribution in [2.75, 3.05) is 73.5 Å². The van der Waals surface area contributed by atoms with Crippen LogP contribution in [0.4, 0.5) is 0 Å². The van der Waals surface area contributed by atoms with Crippen LogP contribution in [0.3, 0.4) is 0 Å². The topological polar surface area (TPSA) is 13.0 Å². The summed E-state index contributed by atoms with van der Waals surface area (Å²) >= 11 is 0. The van der Waals surface area contributed by atoms with Crippen molar-refractivity contribution in [3.8, 4) is 0 Å². The average molecular weight is 226 g/mol. The zero-order chi connectivity index (χ0) is 11.5. The molecule has 2 saturated heterocycles. The minimum absolute atomic E-state index is 0.724. The first kappa shape index (κ1) is 12.3. The molecule has 0 aromatic rings. The van der Waals surface area contributed by atoms with Gasteiger partial charge in [0.15, 0.2) is 0 Å². The minimum Gasteiger partial charge on any atom is -0.304 e. The molecule has 0 N–H and O–H groups in total. The molecule has 2 fully saturated rings. The van der Waals surface area contributed by atoms with E-state index >= 15 is 0 Å². The lowest BCUT2D eigenvalue weighted by Crippen LogP contribution is -2.56. The van der Waals surface area contributed by atoms with Crippen molar-refractivity contribution in [2.45, 2.75) is 6.04 Å². The first-order valence-electron chi connectivity index (χ1n) is 6.45. The van der Waals surface area contributed by atoms with Crippen LogP contribution in [-0.2, 0) is 0 Å². The number of piperazine rings is 2. The van der Waals surface area contributed by atoms with Crippen molar-refractivity contribution in [3.05, 3.63) is 0 Å². The summed E-state index contributed by atoms with van der Waals surface area (Å²) in [7, 11) is 6.73. The maximum absolute atomic E-state index is 2.63. The van der Waals surface area contributed by atoms with E-state index in [0.29, 0.717) is 0 Å². The minimum atomic E-state index is 0.724. The predicted molar refractivity (Wildman–Crippen MR) is 67.9 cm³/mol. The molecule has 1 unspecified atom stereocenters. The van der Waals surface area contributed by atoms with Crippen LogP contribution in [0.15, 0.2) is 0 Å². The Morgan fingerprint density at radius 1 is 0.812 bits per heavy atom. The molecule has 16 heavy (non-hydrogen) atoms. The quantitative estimate of drug-likeness (QED) is 0.628. The molecule has 0 saturated carbocycles. The van der Waals surface area contributed by atoms with E-state index in [-0.39, 0.29) is 0 Å². The molecule has 2 rings (SSSR count). The molecule has 0 radical (unpaired) electrons. The smallest absolute Gasteiger partial charge is 0.0347 e. The molecule has 0 bridgehead atoms. The fraction of sp³-hybridized carbons (Fsp3) is 1.00.